The lowest BCUT2D eigenvalue weighted by Gasteiger charge is -2.37. The van der Waals surface area contributed by atoms with Crippen molar-refractivity contribution in [3.63, 3.8) is 0 Å². The molecule has 3 N–H and O–H groups in total. The molecular weight excluding hydrogens is 576 g/mol. The zero-order valence-electron chi connectivity index (χ0n) is 24.9. The molecule has 2 atom stereocenters. The first-order valence-corrected chi connectivity index (χ1v) is 14.5. The molecule has 1 aliphatic heterocycles. The highest BCUT2D eigenvalue weighted by molar-refractivity contribution is 5.97. The number of allylic oxidation sites excluding steroid dienone is 2. The molecule has 1 aliphatic rings. The van der Waals surface area contributed by atoms with Gasteiger partial charge in [-0.15, -0.1) is 0 Å². The van der Waals surface area contributed by atoms with Crippen LogP contribution in [0.25, 0.3) is 0 Å². The molecule has 0 bridgehead atoms. The van der Waals surface area contributed by atoms with Crippen LogP contribution in [0.5, 0.6) is 0 Å². The first kappa shape index (κ1) is 32.8. The quantitative estimate of drug-likeness (QED) is 0.107. The molecule has 0 aliphatic carbocycles. The van der Waals surface area contributed by atoms with Gasteiger partial charge in [0.15, 0.2) is 0 Å². The largest absolute Gasteiger partial charge is 0.455 e. The van der Waals surface area contributed by atoms with Crippen LogP contribution in [0, 0.1) is 0 Å². The van der Waals surface area contributed by atoms with Crippen molar-refractivity contribution in [2.75, 3.05) is 13.7 Å². The molecule has 11 heteroatoms. The normalized spacial score (nSPS) is 18.4. The highest BCUT2D eigenvalue weighted by atomic mass is 16.5. The Morgan fingerprint density at radius 3 is 2.22 bits per heavy atom. The predicted octanol–water partition coefficient (Wildman–Crippen LogP) is 4.33. The lowest BCUT2D eigenvalue weighted by Crippen LogP contribution is -2.47. The molecule has 3 aromatic carbocycles. The van der Waals surface area contributed by atoms with Gasteiger partial charge in [-0.2, -0.15) is 5.10 Å². The number of methoxy groups -OCH3 is 1. The van der Waals surface area contributed by atoms with Crippen LogP contribution in [-0.4, -0.2) is 59.8 Å². The third-order valence-electron chi connectivity index (χ3n) is 7.22. The van der Waals surface area contributed by atoms with Crippen molar-refractivity contribution < 1.29 is 33.9 Å². The van der Waals surface area contributed by atoms with E-state index < -0.39 is 24.0 Å². The number of ether oxygens (including phenoxy) is 2. The number of carbonyl (C=O) groups is 4. The van der Waals surface area contributed by atoms with Gasteiger partial charge in [-0.3, -0.25) is 24.4 Å². The number of rotatable bonds is 9. The summed E-state index contributed by atoms with van der Waals surface area (Å²) in [6.07, 6.45) is 6.24. The molecule has 0 radical (unpaired) electrons. The number of nitrogens with one attached hydrogen (secondary N) is 2. The molecule has 11 nitrogen and oxygen atoms in total. The number of carbonyl (C=O) groups excluding carboxylic acids is 4. The van der Waals surface area contributed by atoms with Crippen LogP contribution in [0.15, 0.2) is 96.1 Å². The Morgan fingerprint density at radius 2 is 1.58 bits per heavy atom. The summed E-state index contributed by atoms with van der Waals surface area (Å²) in [5, 5.41) is 12.7. The van der Waals surface area contributed by atoms with Gasteiger partial charge in [0.2, 0.25) is 5.91 Å². The minimum atomic E-state index is -0.718. The van der Waals surface area contributed by atoms with E-state index in [1.54, 1.807) is 12.0 Å². The first-order chi connectivity index (χ1) is 21.9. The molecule has 4 rings (SSSR count). The Morgan fingerprint density at radius 1 is 0.933 bits per heavy atom. The van der Waals surface area contributed by atoms with Crippen LogP contribution in [-0.2, 0) is 25.6 Å². The van der Waals surface area contributed by atoms with E-state index in [9.17, 15) is 19.2 Å². The molecule has 3 aromatic rings. The van der Waals surface area contributed by atoms with Crippen molar-refractivity contribution in [1.82, 2.24) is 15.8 Å². The summed E-state index contributed by atoms with van der Waals surface area (Å²) in [6.45, 7) is 0.423. The second-order valence-corrected chi connectivity index (χ2v) is 10.4. The first-order valence-electron chi connectivity index (χ1n) is 14.5. The van der Waals surface area contributed by atoms with Crippen LogP contribution in [0.1, 0.15) is 69.2 Å². The van der Waals surface area contributed by atoms with Gasteiger partial charge in [0.1, 0.15) is 6.10 Å². The van der Waals surface area contributed by atoms with E-state index >= 15 is 0 Å². The number of hydrazone groups is 1. The smallest absolute Gasteiger partial charge is 0.306 e. The number of hydrogen-bond donors (Lipinski definition) is 3. The molecule has 0 aromatic heterocycles. The molecule has 3 amide bonds. The molecule has 0 unspecified atom stereocenters. The fraction of sp³-hybridized carbons (Fsp3) is 0.265. The Hall–Kier alpha value is -5.13. The summed E-state index contributed by atoms with van der Waals surface area (Å²) < 4.78 is 11.6. The van der Waals surface area contributed by atoms with E-state index in [1.807, 2.05) is 66.7 Å². The van der Waals surface area contributed by atoms with Gasteiger partial charge in [-0.25, -0.2) is 10.9 Å². The van der Waals surface area contributed by atoms with Crippen LogP contribution >= 0.6 is 0 Å². The van der Waals surface area contributed by atoms with Gasteiger partial charge < -0.3 is 14.4 Å². The topological polar surface area (TPSA) is 147 Å². The maximum atomic E-state index is 13.6. The molecule has 0 spiro atoms. The minimum absolute atomic E-state index is 0.0855. The molecule has 0 saturated heterocycles. The van der Waals surface area contributed by atoms with Crippen LogP contribution in [0.4, 0.5) is 0 Å². The number of amides is 3. The molecule has 0 fully saturated rings. The molecule has 1 heterocycles. The Labute approximate surface area is 261 Å². The number of hydrogen-bond acceptors (Lipinski definition) is 8. The lowest BCUT2D eigenvalue weighted by atomic mass is 9.99. The molecular formula is C34H36N4O7. The van der Waals surface area contributed by atoms with Crippen LogP contribution < -0.4 is 10.9 Å². The monoisotopic (exact) mass is 612 g/mol. The van der Waals surface area contributed by atoms with Crippen molar-refractivity contribution >= 4 is 29.9 Å². The highest BCUT2D eigenvalue weighted by Gasteiger charge is 2.34. The average Bonchev–Trinajstić information content (AvgIpc) is 3.07. The maximum Gasteiger partial charge on any atom is 0.306 e. The Bertz CT molecular complexity index is 1510. The maximum absolute atomic E-state index is 13.6. The van der Waals surface area contributed by atoms with Crippen LogP contribution in [0.3, 0.4) is 0 Å². The van der Waals surface area contributed by atoms with Crippen molar-refractivity contribution in [3.05, 3.63) is 119 Å². The predicted molar refractivity (Wildman–Crippen MR) is 166 cm³/mol. The van der Waals surface area contributed by atoms with E-state index in [1.165, 1.54) is 36.0 Å². The highest BCUT2D eigenvalue weighted by Crippen LogP contribution is 2.29. The van der Waals surface area contributed by atoms with E-state index in [4.69, 9.17) is 14.7 Å². The summed E-state index contributed by atoms with van der Waals surface area (Å²) in [5.74, 6) is -1.58. The van der Waals surface area contributed by atoms with Gasteiger partial charge >= 0.3 is 5.97 Å². The number of hydroxylamine groups is 1. The van der Waals surface area contributed by atoms with Crippen molar-refractivity contribution in [2.45, 2.75) is 44.4 Å². The van der Waals surface area contributed by atoms with Crippen molar-refractivity contribution in [1.29, 1.82) is 0 Å². The summed E-state index contributed by atoms with van der Waals surface area (Å²) in [6, 6.07) is 21.9. The number of nitrogens with zero attached hydrogens (tertiary/aromatic N) is 2. The molecule has 234 valence electrons. The zero-order chi connectivity index (χ0) is 32.0. The fourth-order valence-corrected chi connectivity index (χ4v) is 4.87. The van der Waals surface area contributed by atoms with Gasteiger partial charge in [-0.1, -0.05) is 66.7 Å². The van der Waals surface area contributed by atoms with Gasteiger partial charge in [0.25, 0.3) is 11.8 Å². The standard InChI is InChI=1S/C34H36N4O7/c1-44-23-29-32(26-9-5-4-6-10-26)45-31(40)12-8-3-2-7-11-30(39)38(29)22-25-15-13-24(14-16-25)21-35-36-33(41)27-17-19-28(20-18-27)34(42)37-43/h2-6,9-10,13-21,29,32,43H,7-8,11-12,22-23H2,1H3,(H,36,41)(H,37,42)/b3-2+,35-21+/t29-,32-/m0/s1. The Kier molecular flexibility index (Phi) is 12.1. The van der Waals surface area contributed by atoms with Gasteiger partial charge in [0, 0.05) is 37.6 Å². The SMILES string of the molecule is COC[C@H]1[C@H](c2ccccc2)OC(=O)CC/C=C/CCC(=O)N1Cc1ccc(/C=N/NC(=O)c2ccc(C(=O)NO)cc2)cc1. The van der Waals surface area contributed by atoms with E-state index in [-0.39, 0.29) is 42.6 Å². The average molecular weight is 613 g/mol. The van der Waals surface area contributed by atoms with E-state index in [0.29, 0.717) is 24.8 Å². The number of benzene rings is 3. The summed E-state index contributed by atoms with van der Waals surface area (Å²) in [7, 11) is 1.56. The third kappa shape index (κ3) is 9.43. The second kappa shape index (κ2) is 16.6. The molecule has 45 heavy (non-hydrogen) atoms. The zero-order valence-corrected chi connectivity index (χ0v) is 24.9. The van der Waals surface area contributed by atoms with E-state index in [0.717, 1.165) is 11.1 Å². The minimum Gasteiger partial charge on any atom is -0.455 e. The van der Waals surface area contributed by atoms with Gasteiger partial charge in [0.05, 0.1) is 18.9 Å². The second-order valence-electron chi connectivity index (χ2n) is 10.4. The summed E-state index contributed by atoms with van der Waals surface area (Å²) in [5.41, 5.74) is 6.80. The van der Waals surface area contributed by atoms with E-state index in [2.05, 4.69) is 10.5 Å². The Balaban J connectivity index is 1.50. The third-order valence-corrected chi connectivity index (χ3v) is 7.22. The number of cyclic esters (lactones) is 1. The molecule has 0 saturated carbocycles. The van der Waals surface area contributed by atoms with Crippen molar-refractivity contribution in [3.8, 4) is 0 Å². The van der Waals surface area contributed by atoms with Crippen molar-refractivity contribution in [2.24, 2.45) is 5.10 Å². The summed E-state index contributed by atoms with van der Waals surface area (Å²) in [4.78, 5) is 52.0. The lowest BCUT2D eigenvalue weighted by molar-refractivity contribution is -0.159. The van der Waals surface area contributed by atoms with Crippen LogP contribution in [0.2, 0.25) is 0 Å². The van der Waals surface area contributed by atoms with Gasteiger partial charge in [-0.05, 0) is 53.8 Å². The summed E-state index contributed by atoms with van der Waals surface area (Å²) >= 11 is 0. The fourth-order valence-electron chi connectivity index (χ4n) is 4.87. The number of esters is 1.